The predicted molar refractivity (Wildman–Crippen MR) is 112 cm³/mol. The summed E-state index contributed by atoms with van der Waals surface area (Å²) in [4.78, 5) is 5.32. The molecule has 0 fully saturated rings. The Morgan fingerprint density at radius 1 is 1.00 bits per heavy atom. The molecular weight excluding hydrogens is 388 g/mol. The Bertz CT molecular complexity index is 1030. The molecule has 0 N–H and O–H groups in total. The second-order valence-corrected chi connectivity index (χ2v) is 6.54. The number of hydrogen-bond acceptors (Lipinski definition) is 5. The van der Waals surface area contributed by atoms with Crippen molar-refractivity contribution in [3.63, 3.8) is 0 Å². The van der Waals surface area contributed by atoms with E-state index in [4.69, 9.17) is 31.2 Å². The molecule has 0 atom stereocenters. The number of benzene rings is 3. The Morgan fingerprint density at radius 2 is 1.79 bits per heavy atom. The summed E-state index contributed by atoms with van der Waals surface area (Å²) in [7, 11) is 1.58. The summed E-state index contributed by atoms with van der Waals surface area (Å²) in [5, 5.41) is 13.8. The molecule has 146 valence electrons. The Balaban J connectivity index is 1.60. The van der Waals surface area contributed by atoms with Gasteiger partial charge in [0, 0.05) is 16.1 Å². The summed E-state index contributed by atoms with van der Waals surface area (Å²) in [5.41, 5.74) is 3.17. The molecule has 3 aromatic carbocycles. The van der Waals surface area contributed by atoms with Crippen LogP contribution in [0.3, 0.4) is 0 Å². The molecule has 0 unspecified atom stereocenters. The van der Waals surface area contributed by atoms with E-state index in [2.05, 4.69) is 11.2 Å². The standard InChI is InChI=1S/C23H19ClN2O3/c1-27-23-12-18(14-26-29-16-20-5-3-2-4-19(20)13-25)8-11-22(23)28-15-17-6-9-21(24)10-7-17/h2-12,14H,15-16H2,1H3/b26-14-. The maximum absolute atomic E-state index is 9.09. The van der Waals surface area contributed by atoms with Crippen molar-refractivity contribution in [2.45, 2.75) is 13.2 Å². The molecule has 3 rings (SSSR count). The fourth-order valence-electron chi connectivity index (χ4n) is 2.59. The average molecular weight is 407 g/mol. The number of rotatable bonds is 8. The van der Waals surface area contributed by atoms with Gasteiger partial charge in [0.05, 0.1) is 25.0 Å². The van der Waals surface area contributed by atoms with Gasteiger partial charge < -0.3 is 14.3 Å². The molecular formula is C23H19ClN2O3. The number of hydrogen-bond donors (Lipinski definition) is 0. The van der Waals surface area contributed by atoms with Crippen molar-refractivity contribution < 1.29 is 14.3 Å². The van der Waals surface area contributed by atoms with E-state index in [0.717, 1.165) is 16.7 Å². The topological polar surface area (TPSA) is 63.8 Å². The third kappa shape index (κ3) is 5.74. The van der Waals surface area contributed by atoms with E-state index in [1.807, 2.05) is 60.7 Å². The van der Waals surface area contributed by atoms with Crippen LogP contribution in [0, 0.1) is 11.3 Å². The van der Waals surface area contributed by atoms with E-state index >= 15 is 0 Å². The van der Waals surface area contributed by atoms with Gasteiger partial charge in [0.2, 0.25) is 0 Å². The molecule has 0 aromatic heterocycles. The largest absolute Gasteiger partial charge is 0.493 e. The van der Waals surface area contributed by atoms with Gasteiger partial charge in [0.15, 0.2) is 11.5 Å². The summed E-state index contributed by atoms with van der Waals surface area (Å²) >= 11 is 5.90. The van der Waals surface area contributed by atoms with Gasteiger partial charge in [0.25, 0.3) is 0 Å². The fraction of sp³-hybridized carbons (Fsp3) is 0.130. The summed E-state index contributed by atoms with van der Waals surface area (Å²) in [6.45, 7) is 0.627. The quantitative estimate of drug-likeness (QED) is 0.373. The molecule has 0 saturated carbocycles. The van der Waals surface area contributed by atoms with Crippen LogP contribution in [0.5, 0.6) is 11.5 Å². The first-order valence-electron chi connectivity index (χ1n) is 8.88. The van der Waals surface area contributed by atoms with Crippen molar-refractivity contribution in [1.29, 1.82) is 5.26 Å². The highest BCUT2D eigenvalue weighted by molar-refractivity contribution is 6.30. The first-order chi connectivity index (χ1) is 14.2. The summed E-state index contributed by atoms with van der Waals surface area (Å²) in [6.07, 6.45) is 1.58. The molecule has 0 heterocycles. The highest BCUT2D eigenvalue weighted by atomic mass is 35.5. The van der Waals surface area contributed by atoms with Crippen molar-refractivity contribution in [2.75, 3.05) is 7.11 Å². The van der Waals surface area contributed by atoms with Gasteiger partial charge >= 0.3 is 0 Å². The van der Waals surface area contributed by atoms with E-state index < -0.39 is 0 Å². The van der Waals surface area contributed by atoms with Gasteiger partial charge in [-0.15, -0.1) is 0 Å². The van der Waals surface area contributed by atoms with Crippen LogP contribution in [0.15, 0.2) is 71.9 Å². The van der Waals surface area contributed by atoms with Crippen LogP contribution in [0.1, 0.15) is 22.3 Å². The van der Waals surface area contributed by atoms with Gasteiger partial charge in [-0.3, -0.25) is 0 Å². The minimum atomic E-state index is 0.222. The minimum Gasteiger partial charge on any atom is -0.493 e. The van der Waals surface area contributed by atoms with Gasteiger partial charge in [-0.1, -0.05) is 47.1 Å². The molecule has 0 spiro atoms. The minimum absolute atomic E-state index is 0.222. The van der Waals surface area contributed by atoms with Gasteiger partial charge in [-0.25, -0.2) is 0 Å². The number of methoxy groups -OCH3 is 1. The maximum Gasteiger partial charge on any atom is 0.161 e. The molecule has 3 aromatic rings. The Morgan fingerprint density at radius 3 is 2.55 bits per heavy atom. The van der Waals surface area contributed by atoms with Crippen molar-refractivity contribution >= 4 is 17.8 Å². The van der Waals surface area contributed by atoms with Gasteiger partial charge in [-0.2, -0.15) is 5.26 Å². The van der Waals surface area contributed by atoms with Gasteiger partial charge in [0.1, 0.15) is 13.2 Å². The van der Waals surface area contributed by atoms with Crippen LogP contribution in [0.2, 0.25) is 5.02 Å². The van der Waals surface area contributed by atoms with Crippen LogP contribution in [-0.4, -0.2) is 13.3 Å². The third-order valence-electron chi connectivity index (χ3n) is 4.13. The van der Waals surface area contributed by atoms with Crippen molar-refractivity contribution in [3.05, 3.63) is 94.0 Å². The highest BCUT2D eigenvalue weighted by Crippen LogP contribution is 2.28. The molecule has 0 aliphatic heterocycles. The Kier molecular flexibility index (Phi) is 7.10. The zero-order chi connectivity index (χ0) is 20.5. The van der Waals surface area contributed by atoms with E-state index in [1.54, 1.807) is 19.4 Å². The molecule has 0 aliphatic carbocycles. The van der Waals surface area contributed by atoms with Crippen LogP contribution < -0.4 is 9.47 Å². The highest BCUT2D eigenvalue weighted by Gasteiger charge is 2.06. The second kappa shape index (κ2) is 10.2. The van der Waals surface area contributed by atoms with Crippen molar-refractivity contribution in [3.8, 4) is 17.6 Å². The third-order valence-corrected chi connectivity index (χ3v) is 4.38. The Hall–Kier alpha value is -3.49. The van der Waals surface area contributed by atoms with Crippen LogP contribution in [-0.2, 0) is 18.1 Å². The lowest BCUT2D eigenvalue weighted by Crippen LogP contribution is -1.98. The molecule has 0 aliphatic rings. The smallest absolute Gasteiger partial charge is 0.161 e. The maximum atomic E-state index is 9.09. The SMILES string of the molecule is COc1cc(/C=N\OCc2ccccc2C#N)ccc1OCc1ccc(Cl)cc1. The van der Waals surface area contributed by atoms with E-state index in [9.17, 15) is 0 Å². The Labute approximate surface area is 174 Å². The molecule has 0 bridgehead atoms. The van der Waals surface area contributed by atoms with Crippen molar-refractivity contribution in [1.82, 2.24) is 0 Å². The molecule has 6 heteroatoms. The number of halogens is 1. The average Bonchev–Trinajstić information content (AvgIpc) is 2.77. The predicted octanol–water partition coefficient (Wildman–Crippen LogP) is 5.35. The van der Waals surface area contributed by atoms with Crippen LogP contribution in [0.25, 0.3) is 0 Å². The van der Waals surface area contributed by atoms with E-state index in [1.165, 1.54) is 0 Å². The number of nitriles is 1. The molecule has 29 heavy (non-hydrogen) atoms. The summed E-state index contributed by atoms with van der Waals surface area (Å²) in [6, 6.07) is 22.4. The number of nitrogens with zero attached hydrogens (tertiary/aromatic N) is 2. The number of ether oxygens (including phenoxy) is 2. The lowest BCUT2D eigenvalue weighted by molar-refractivity contribution is 0.132. The number of oxime groups is 1. The van der Waals surface area contributed by atoms with Crippen molar-refractivity contribution in [2.24, 2.45) is 5.16 Å². The van der Waals surface area contributed by atoms with E-state index in [0.29, 0.717) is 28.7 Å². The zero-order valence-electron chi connectivity index (χ0n) is 15.8. The zero-order valence-corrected chi connectivity index (χ0v) is 16.6. The molecule has 5 nitrogen and oxygen atoms in total. The first-order valence-corrected chi connectivity index (χ1v) is 9.26. The summed E-state index contributed by atoms with van der Waals surface area (Å²) < 4.78 is 11.3. The summed E-state index contributed by atoms with van der Waals surface area (Å²) in [5.74, 6) is 1.22. The fourth-order valence-corrected chi connectivity index (χ4v) is 2.71. The van der Waals surface area contributed by atoms with Crippen LogP contribution in [0.4, 0.5) is 0 Å². The first kappa shape index (κ1) is 20.2. The molecule has 0 amide bonds. The monoisotopic (exact) mass is 406 g/mol. The molecule has 0 radical (unpaired) electrons. The van der Waals surface area contributed by atoms with E-state index in [-0.39, 0.29) is 6.61 Å². The second-order valence-electron chi connectivity index (χ2n) is 6.10. The van der Waals surface area contributed by atoms with Crippen LogP contribution >= 0.6 is 11.6 Å². The normalized spacial score (nSPS) is 10.5. The molecule has 0 saturated heterocycles. The van der Waals surface area contributed by atoms with Gasteiger partial charge in [-0.05, 0) is 42.0 Å². The lowest BCUT2D eigenvalue weighted by atomic mass is 10.1. The lowest BCUT2D eigenvalue weighted by Gasteiger charge is -2.11.